The molecule has 0 aliphatic heterocycles. The van der Waals surface area contributed by atoms with Crippen LogP contribution in [-0.2, 0) is 4.74 Å². The van der Waals surface area contributed by atoms with Crippen LogP contribution in [0.2, 0.25) is 0 Å². The number of hydrogen-bond acceptors (Lipinski definition) is 4. The molecule has 0 radical (unpaired) electrons. The first-order valence-corrected chi connectivity index (χ1v) is 3.90. The zero-order valence-corrected chi connectivity index (χ0v) is 7.71. The Bertz CT molecular complexity index is 394. The summed E-state index contributed by atoms with van der Waals surface area (Å²) in [4.78, 5) is 14.3. The first kappa shape index (κ1) is 11.4. The molecule has 0 amide bonds. The second-order valence-corrected chi connectivity index (χ2v) is 2.77. The lowest BCUT2D eigenvalue weighted by molar-refractivity contribution is 0.0601. The Labute approximate surface area is 83.3 Å². The third-order valence-corrected chi connectivity index (χ3v) is 1.72. The summed E-state index contributed by atoms with van der Waals surface area (Å²) in [7, 11) is 1.05. The van der Waals surface area contributed by atoms with E-state index >= 15 is 0 Å². The summed E-state index contributed by atoms with van der Waals surface area (Å²) < 4.78 is 41.2. The molecule has 15 heavy (non-hydrogen) atoms. The van der Waals surface area contributed by atoms with E-state index in [1.54, 1.807) is 0 Å². The van der Waals surface area contributed by atoms with E-state index in [0.717, 1.165) is 7.11 Å². The number of anilines is 1. The minimum atomic E-state index is -5.20. The number of nitrogen functional groups attached to an aromatic ring is 1. The number of hydrogen-bond donors (Lipinski definition) is 1. The molecule has 0 saturated carbocycles. The average Bonchev–Trinajstić information content (AvgIpc) is 2.15. The fourth-order valence-electron chi connectivity index (χ4n) is 0.944. The lowest BCUT2D eigenvalue weighted by atomic mass is 9.81. The molecule has 0 fully saturated rings. The van der Waals surface area contributed by atoms with E-state index in [2.05, 4.69) is 9.72 Å². The van der Waals surface area contributed by atoms with E-state index in [-0.39, 0.29) is 11.4 Å². The van der Waals surface area contributed by atoms with Crippen LogP contribution in [-0.4, -0.2) is 25.0 Å². The van der Waals surface area contributed by atoms with E-state index in [1.165, 1.54) is 0 Å². The third-order valence-electron chi connectivity index (χ3n) is 1.72. The summed E-state index contributed by atoms with van der Waals surface area (Å²) in [6.45, 7) is -5.20. The van der Waals surface area contributed by atoms with Gasteiger partial charge in [-0.3, -0.25) is 0 Å². The topological polar surface area (TPSA) is 65.2 Å². The van der Waals surface area contributed by atoms with Crippen LogP contribution in [0, 0.1) is 0 Å². The van der Waals surface area contributed by atoms with Crippen molar-refractivity contribution in [3.05, 3.63) is 17.8 Å². The smallest absolute Gasteiger partial charge is 0.465 e. The van der Waals surface area contributed by atoms with Crippen LogP contribution in [0.3, 0.4) is 0 Å². The number of carbonyl (C=O) groups is 1. The van der Waals surface area contributed by atoms with Gasteiger partial charge < -0.3 is 23.4 Å². The number of carbonyl (C=O) groups excluding carboxylic acids is 1. The molecule has 0 saturated heterocycles. The van der Waals surface area contributed by atoms with Gasteiger partial charge >= 0.3 is 12.9 Å². The Kier molecular flexibility index (Phi) is 2.87. The van der Waals surface area contributed by atoms with E-state index in [4.69, 9.17) is 5.73 Å². The second kappa shape index (κ2) is 3.80. The van der Waals surface area contributed by atoms with Crippen molar-refractivity contribution in [2.75, 3.05) is 12.8 Å². The van der Waals surface area contributed by atoms with Gasteiger partial charge in [-0.1, -0.05) is 11.5 Å². The monoisotopic (exact) mass is 219 g/mol. The summed E-state index contributed by atoms with van der Waals surface area (Å²) in [5, 5.41) is 0. The molecule has 0 spiro atoms. The lowest BCUT2D eigenvalue weighted by Crippen LogP contribution is -2.35. The highest BCUT2D eigenvalue weighted by Gasteiger charge is 2.27. The number of esters is 1. The standard InChI is InChI=1S/C7H7BF3N2O2/c1-15-7(14)5-2-4(8(9,10)11)3-13-6(5)12/h2-3H,1H3,(H2,12,13)/q-1. The van der Waals surface area contributed by atoms with Gasteiger partial charge in [0.05, 0.1) is 12.7 Å². The maximum absolute atomic E-state index is 12.3. The summed E-state index contributed by atoms with van der Waals surface area (Å²) in [5.74, 6) is -1.23. The number of nitrogens with two attached hydrogens (primary N) is 1. The van der Waals surface area contributed by atoms with Crippen LogP contribution in [0.1, 0.15) is 10.4 Å². The van der Waals surface area contributed by atoms with Crippen molar-refractivity contribution in [1.82, 2.24) is 4.98 Å². The molecule has 1 aromatic heterocycles. The number of nitrogens with zero attached hydrogens (tertiary/aromatic N) is 1. The highest BCUT2D eigenvalue weighted by Crippen LogP contribution is 2.13. The van der Waals surface area contributed by atoms with Crippen LogP contribution < -0.4 is 11.2 Å². The van der Waals surface area contributed by atoms with Gasteiger partial charge in [0.15, 0.2) is 0 Å². The van der Waals surface area contributed by atoms with E-state index < -0.39 is 18.4 Å². The first-order valence-electron chi connectivity index (χ1n) is 3.90. The third kappa shape index (κ3) is 2.39. The Morgan fingerprint density at radius 1 is 1.53 bits per heavy atom. The molecule has 8 heteroatoms. The van der Waals surface area contributed by atoms with Crippen LogP contribution >= 0.6 is 0 Å². The normalized spacial score (nSPS) is 11.2. The van der Waals surface area contributed by atoms with Gasteiger partial charge in [-0.25, -0.2) is 9.78 Å². The van der Waals surface area contributed by atoms with Gasteiger partial charge in [0.25, 0.3) is 0 Å². The number of halogens is 3. The van der Waals surface area contributed by atoms with Crippen LogP contribution in [0.15, 0.2) is 12.3 Å². The maximum Gasteiger partial charge on any atom is 0.511 e. The summed E-state index contributed by atoms with van der Waals surface area (Å²) in [6, 6.07) is 0.633. The summed E-state index contributed by atoms with van der Waals surface area (Å²) in [5.41, 5.74) is 3.87. The van der Waals surface area contributed by atoms with Gasteiger partial charge in [0.1, 0.15) is 5.82 Å². The number of aromatic nitrogens is 1. The molecule has 82 valence electrons. The molecule has 0 unspecified atom stereocenters. The molecule has 1 aromatic rings. The van der Waals surface area contributed by atoms with Crippen LogP contribution in [0.25, 0.3) is 0 Å². The van der Waals surface area contributed by atoms with Crippen molar-refractivity contribution < 1.29 is 22.5 Å². The molecule has 0 atom stereocenters. The fraction of sp³-hybridized carbons (Fsp3) is 0.143. The van der Waals surface area contributed by atoms with E-state index in [1.807, 2.05) is 0 Å². The summed E-state index contributed by atoms with van der Waals surface area (Å²) >= 11 is 0. The van der Waals surface area contributed by atoms with Gasteiger partial charge in [0.2, 0.25) is 0 Å². The predicted octanol–water partition coefficient (Wildman–Crippen LogP) is 0.505. The van der Waals surface area contributed by atoms with Crippen LogP contribution in [0.4, 0.5) is 18.8 Å². The molecular formula is C7H7BF3N2O2-. The molecule has 1 heterocycles. The molecule has 0 aliphatic rings. The number of methoxy groups -OCH3 is 1. The number of ether oxygens (including phenoxy) is 1. The van der Waals surface area contributed by atoms with E-state index in [9.17, 15) is 17.7 Å². The number of pyridine rings is 1. The molecule has 2 N–H and O–H groups in total. The zero-order valence-electron chi connectivity index (χ0n) is 7.71. The minimum absolute atomic E-state index is 0.286. The molecule has 0 aliphatic carbocycles. The van der Waals surface area contributed by atoms with Crippen molar-refractivity contribution in [2.45, 2.75) is 0 Å². The zero-order chi connectivity index (χ0) is 11.6. The molecule has 1 rings (SSSR count). The van der Waals surface area contributed by atoms with Crippen molar-refractivity contribution in [1.29, 1.82) is 0 Å². The average molecular weight is 219 g/mol. The Balaban J connectivity index is 3.23. The second-order valence-electron chi connectivity index (χ2n) is 2.77. The Morgan fingerprint density at radius 3 is 2.60 bits per heavy atom. The Hall–Kier alpha value is -1.73. The molecule has 0 aromatic carbocycles. The van der Waals surface area contributed by atoms with Gasteiger partial charge in [-0.15, -0.1) is 0 Å². The Morgan fingerprint density at radius 2 is 2.13 bits per heavy atom. The van der Waals surface area contributed by atoms with Crippen LogP contribution in [0.5, 0.6) is 0 Å². The van der Waals surface area contributed by atoms with Crippen molar-refractivity contribution in [3.63, 3.8) is 0 Å². The first-order chi connectivity index (χ1) is 6.86. The predicted molar refractivity (Wildman–Crippen MR) is 48.7 cm³/mol. The molecular weight excluding hydrogens is 212 g/mol. The van der Waals surface area contributed by atoms with Gasteiger partial charge in [-0.05, 0) is 0 Å². The minimum Gasteiger partial charge on any atom is -0.465 e. The van der Waals surface area contributed by atoms with E-state index in [0.29, 0.717) is 12.3 Å². The quantitative estimate of drug-likeness (QED) is 0.581. The maximum atomic E-state index is 12.3. The van der Waals surface area contributed by atoms with Gasteiger partial charge in [0, 0.05) is 6.20 Å². The highest BCUT2D eigenvalue weighted by molar-refractivity contribution is 6.73. The summed E-state index contributed by atoms with van der Waals surface area (Å²) in [6.07, 6.45) is 0.585. The van der Waals surface area contributed by atoms with Crippen molar-refractivity contribution >= 4 is 24.2 Å². The lowest BCUT2D eigenvalue weighted by Gasteiger charge is -2.15. The van der Waals surface area contributed by atoms with Crippen molar-refractivity contribution in [3.8, 4) is 0 Å². The molecule has 0 bridgehead atoms. The SMILES string of the molecule is COC(=O)c1cc([B-](F)(F)F)cnc1N. The molecule has 4 nitrogen and oxygen atoms in total. The highest BCUT2D eigenvalue weighted by atomic mass is 19.4. The van der Waals surface area contributed by atoms with Gasteiger partial charge in [-0.2, -0.15) is 0 Å². The largest absolute Gasteiger partial charge is 0.511 e. The van der Waals surface area contributed by atoms with Crippen molar-refractivity contribution in [2.24, 2.45) is 0 Å². The number of rotatable bonds is 2. The fourth-order valence-corrected chi connectivity index (χ4v) is 0.944.